The summed E-state index contributed by atoms with van der Waals surface area (Å²) in [5.41, 5.74) is 6.11. The van der Waals surface area contributed by atoms with Crippen molar-refractivity contribution in [3.63, 3.8) is 0 Å². The van der Waals surface area contributed by atoms with Crippen LogP contribution in [0, 0.1) is 5.82 Å². The number of nitrogens with one attached hydrogen (secondary N) is 2. The largest absolute Gasteiger partial charge is 0.489 e. The van der Waals surface area contributed by atoms with E-state index < -0.39 is 11.8 Å². The predicted molar refractivity (Wildman–Crippen MR) is 96.3 cm³/mol. The van der Waals surface area contributed by atoms with E-state index in [0.717, 1.165) is 5.56 Å². The monoisotopic (exact) mass is 365 g/mol. The highest BCUT2D eigenvalue weighted by atomic mass is 19.1. The van der Waals surface area contributed by atoms with Crippen LogP contribution in [0.5, 0.6) is 5.75 Å². The Morgan fingerprint density at radius 2 is 1.63 bits per heavy atom. The van der Waals surface area contributed by atoms with Crippen molar-refractivity contribution in [2.75, 3.05) is 0 Å². The minimum atomic E-state index is -0.487. The maximum Gasteiger partial charge on any atom is 0.271 e. The molecule has 3 rings (SSSR count). The number of hydrazine groups is 1. The highest BCUT2D eigenvalue weighted by molar-refractivity contribution is 5.99. The van der Waals surface area contributed by atoms with E-state index >= 15 is 0 Å². The third-order valence-corrected chi connectivity index (χ3v) is 3.63. The minimum absolute atomic E-state index is 0.239. The molecular weight excluding hydrogens is 349 g/mol. The summed E-state index contributed by atoms with van der Waals surface area (Å²) >= 11 is 0. The fourth-order valence-corrected chi connectivity index (χ4v) is 2.23. The molecule has 2 N–H and O–H groups in total. The van der Waals surface area contributed by atoms with Crippen molar-refractivity contribution in [3.8, 4) is 5.75 Å². The fraction of sp³-hybridized carbons (Fsp3) is 0.0500. The molecule has 1 aromatic heterocycles. The lowest BCUT2D eigenvalue weighted by Crippen LogP contribution is -2.41. The second kappa shape index (κ2) is 8.57. The number of aromatic nitrogens is 1. The third kappa shape index (κ3) is 5.12. The molecule has 7 heteroatoms. The van der Waals surface area contributed by atoms with Crippen molar-refractivity contribution < 1.29 is 18.7 Å². The Morgan fingerprint density at radius 3 is 2.33 bits per heavy atom. The van der Waals surface area contributed by atoms with Crippen molar-refractivity contribution in [1.29, 1.82) is 0 Å². The van der Waals surface area contributed by atoms with E-state index in [1.54, 1.807) is 54.7 Å². The number of hydrogen-bond acceptors (Lipinski definition) is 4. The van der Waals surface area contributed by atoms with Crippen LogP contribution in [0.15, 0.2) is 73.1 Å². The highest BCUT2D eigenvalue weighted by Gasteiger charge is 2.10. The first-order valence-corrected chi connectivity index (χ1v) is 8.10. The molecule has 27 heavy (non-hydrogen) atoms. The SMILES string of the molecule is O=C(NNC(=O)c1cccc(OCc2ccc(F)cc2)c1)c1cccnc1. The molecule has 0 aliphatic rings. The molecule has 0 radical (unpaired) electrons. The molecule has 0 aliphatic carbocycles. The van der Waals surface area contributed by atoms with Crippen molar-refractivity contribution >= 4 is 11.8 Å². The molecule has 136 valence electrons. The molecule has 3 aromatic rings. The van der Waals surface area contributed by atoms with Gasteiger partial charge in [0.25, 0.3) is 11.8 Å². The van der Waals surface area contributed by atoms with Crippen LogP contribution in [0.2, 0.25) is 0 Å². The van der Waals surface area contributed by atoms with Gasteiger partial charge in [0.2, 0.25) is 0 Å². The van der Waals surface area contributed by atoms with Crippen LogP contribution in [0.1, 0.15) is 26.3 Å². The molecule has 0 bridgehead atoms. The van der Waals surface area contributed by atoms with Gasteiger partial charge < -0.3 is 4.74 Å². The third-order valence-electron chi connectivity index (χ3n) is 3.63. The van der Waals surface area contributed by atoms with E-state index in [1.165, 1.54) is 18.3 Å². The lowest BCUT2D eigenvalue weighted by Gasteiger charge is -2.10. The molecule has 6 nitrogen and oxygen atoms in total. The second-order valence-corrected chi connectivity index (χ2v) is 5.59. The van der Waals surface area contributed by atoms with E-state index in [-0.39, 0.29) is 12.4 Å². The van der Waals surface area contributed by atoms with Crippen LogP contribution >= 0.6 is 0 Å². The zero-order chi connectivity index (χ0) is 19.1. The number of pyridine rings is 1. The van der Waals surface area contributed by atoms with E-state index in [4.69, 9.17) is 4.74 Å². The second-order valence-electron chi connectivity index (χ2n) is 5.59. The molecule has 0 spiro atoms. The lowest BCUT2D eigenvalue weighted by molar-refractivity contribution is 0.0846. The van der Waals surface area contributed by atoms with Gasteiger partial charge in [0.1, 0.15) is 18.2 Å². The summed E-state index contributed by atoms with van der Waals surface area (Å²) in [6.45, 7) is 0.239. The van der Waals surface area contributed by atoms with Crippen LogP contribution in [0.4, 0.5) is 4.39 Å². The molecular formula is C20H16FN3O3. The maximum atomic E-state index is 12.9. The Balaban J connectivity index is 1.56. The first kappa shape index (κ1) is 18.1. The quantitative estimate of drug-likeness (QED) is 0.682. The first-order valence-electron chi connectivity index (χ1n) is 8.10. The molecule has 0 atom stereocenters. The summed E-state index contributed by atoms with van der Waals surface area (Å²) in [5.74, 6) is -0.795. The van der Waals surface area contributed by atoms with Crippen molar-refractivity contribution in [2.45, 2.75) is 6.61 Å². The molecule has 0 unspecified atom stereocenters. The van der Waals surface area contributed by atoms with Crippen LogP contribution < -0.4 is 15.6 Å². The zero-order valence-electron chi connectivity index (χ0n) is 14.2. The molecule has 2 aromatic carbocycles. The zero-order valence-corrected chi connectivity index (χ0v) is 14.2. The first-order chi connectivity index (χ1) is 13.1. The predicted octanol–water partition coefficient (Wildman–Crippen LogP) is 2.87. The Bertz CT molecular complexity index is 931. The average molecular weight is 365 g/mol. The lowest BCUT2D eigenvalue weighted by atomic mass is 10.2. The molecule has 0 fully saturated rings. The Morgan fingerprint density at radius 1 is 0.926 bits per heavy atom. The Hall–Kier alpha value is -3.74. The van der Waals surface area contributed by atoms with Crippen LogP contribution in [-0.2, 0) is 6.61 Å². The number of hydrogen-bond donors (Lipinski definition) is 2. The molecule has 0 aliphatic heterocycles. The summed E-state index contributed by atoms with van der Waals surface area (Å²) in [7, 11) is 0. The number of benzene rings is 2. The maximum absolute atomic E-state index is 12.9. The summed E-state index contributed by atoms with van der Waals surface area (Å²) in [5, 5.41) is 0. The van der Waals surface area contributed by atoms with Gasteiger partial charge in [0.15, 0.2) is 0 Å². The van der Waals surface area contributed by atoms with Gasteiger partial charge in [0.05, 0.1) is 5.56 Å². The van der Waals surface area contributed by atoms with Crippen molar-refractivity contribution in [3.05, 3.63) is 95.6 Å². The van der Waals surface area contributed by atoms with E-state index in [1.807, 2.05) is 0 Å². The Kier molecular flexibility index (Phi) is 5.73. The number of rotatable bonds is 5. The van der Waals surface area contributed by atoms with Crippen LogP contribution in [0.3, 0.4) is 0 Å². The molecule has 1 heterocycles. The molecule has 0 saturated heterocycles. The topological polar surface area (TPSA) is 80.3 Å². The standard InChI is InChI=1S/C20H16FN3O3/c21-17-8-6-14(7-9-17)13-27-18-5-1-3-15(11-18)19(25)23-24-20(26)16-4-2-10-22-12-16/h1-12H,13H2,(H,23,25)(H,24,26). The summed E-state index contributed by atoms with van der Waals surface area (Å²) < 4.78 is 18.5. The normalized spacial score (nSPS) is 10.1. The van der Waals surface area contributed by atoms with Crippen LogP contribution in [-0.4, -0.2) is 16.8 Å². The number of amides is 2. The minimum Gasteiger partial charge on any atom is -0.489 e. The van der Waals surface area contributed by atoms with E-state index in [2.05, 4.69) is 15.8 Å². The molecule has 2 amide bonds. The Labute approximate surface area is 155 Å². The number of ether oxygens (including phenoxy) is 1. The van der Waals surface area contributed by atoms with Gasteiger partial charge in [-0.2, -0.15) is 0 Å². The van der Waals surface area contributed by atoms with E-state index in [9.17, 15) is 14.0 Å². The summed E-state index contributed by atoms with van der Waals surface area (Å²) in [6, 6.07) is 15.7. The van der Waals surface area contributed by atoms with Crippen LogP contribution in [0.25, 0.3) is 0 Å². The molecule has 0 saturated carbocycles. The van der Waals surface area contributed by atoms with Gasteiger partial charge in [-0.1, -0.05) is 18.2 Å². The van der Waals surface area contributed by atoms with Gasteiger partial charge in [-0.3, -0.25) is 25.4 Å². The number of carbonyl (C=O) groups excluding carboxylic acids is 2. The fourth-order valence-electron chi connectivity index (χ4n) is 2.23. The summed E-state index contributed by atoms with van der Waals surface area (Å²) in [4.78, 5) is 28.0. The van der Waals surface area contributed by atoms with Gasteiger partial charge in [-0.05, 0) is 48.0 Å². The number of nitrogens with zero attached hydrogens (tertiary/aromatic N) is 1. The van der Waals surface area contributed by atoms with E-state index in [0.29, 0.717) is 16.9 Å². The number of halogens is 1. The highest BCUT2D eigenvalue weighted by Crippen LogP contribution is 2.15. The van der Waals surface area contributed by atoms with Crippen molar-refractivity contribution in [2.24, 2.45) is 0 Å². The number of carbonyl (C=O) groups is 2. The smallest absolute Gasteiger partial charge is 0.271 e. The average Bonchev–Trinajstić information content (AvgIpc) is 2.72. The van der Waals surface area contributed by atoms with Crippen molar-refractivity contribution in [1.82, 2.24) is 15.8 Å². The van der Waals surface area contributed by atoms with Gasteiger partial charge in [-0.15, -0.1) is 0 Å². The van der Waals surface area contributed by atoms with Gasteiger partial charge in [0, 0.05) is 18.0 Å². The van der Waals surface area contributed by atoms with Gasteiger partial charge >= 0.3 is 0 Å². The van der Waals surface area contributed by atoms with Gasteiger partial charge in [-0.25, -0.2) is 4.39 Å². The summed E-state index contributed by atoms with van der Waals surface area (Å²) in [6.07, 6.45) is 2.94.